The van der Waals surface area contributed by atoms with Crippen molar-refractivity contribution < 1.29 is 23.8 Å². The Balaban J connectivity index is 2.03. The molecular weight excluding hydrogens is 344 g/mol. The van der Waals surface area contributed by atoms with Gasteiger partial charge in [0.05, 0.1) is 6.61 Å². The molecule has 2 heterocycles. The van der Waals surface area contributed by atoms with E-state index in [1.807, 2.05) is 6.92 Å². The van der Waals surface area contributed by atoms with E-state index >= 15 is 0 Å². The lowest BCUT2D eigenvalue weighted by Crippen LogP contribution is -2.53. The first-order valence-electron chi connectivity index (χ1n) is 7.61. The standard InChI is InChI=1S/C17H16N2O5S/c1-3-5-19-16(21)11(15(20)18-17(19)25)6-10-7-13-14(24-9-23-13)8-12(10)22-4-2/h3,6-8H,1,4-5,9H2,2H3,(H,18,20,25)/b11-6+. The molecule has 1 aromatic rings. The van der Waals surface area contributed by atoms with Crippen LogP contribution in [0.15, 0.2) is 30.4 Å². The van der Waals surface area contributed by atoms with Crippen LogP contribution in [0.1, 0.15) is 12.5 Å². The largest absolute Gasteiger partial charge is 0.493 e. The zero-order chi connectivity index (χ0) is 18.0. The molecule has 0 spiro atoms. The van der Waals surface area contributed by atoms with Crippen LogP contribution in [0.5, 0.6) is 17.2 Å². The minimum atomic E-state index is -0.560. The Hall–Kier alpha value is -2.87. The van der Waals surface area contributed by atoms with E-state index in [1.165, 1.54) is 17.1 Å². The minimum absolute atomic E-state index is 0.0460. The number of ether oxygens (including phenoxy) is 3. The van der Waals surface area contributed by atoms with Gasteiger partial charge in [0.25, 0.3) is 11.8 Å². The number of nitrogens with one attached hydrogen (secondary N) is 1. The summed E-state index contributed by atoms with van der Waals surface area (Å²) in [5.74, 6) is 0.518. The second-order valence-corrected chi connectivity index (χ2v) is 5.58. The van der Waals surface area contributed by atoms with E-state index < -0.39 is 11.8 Å². The lowest BCUT2D eigenvalue weighted by atomic mass is 10.1. The van der Waals surface area contributed by atoms with Crippen molar-refractivity contribution in [2.45, 2.75) is 6.92 Å². The van der Waals surface area contributed by atoms with Gasteiger partial charge in [0.2, 0.25) is 6.79 Å². The summed E-state index contributed by atoms with van der Waals surface area (Å²) >= 11 is 5.03. The summed E-state index contributed by atoms with van der Waals surface area (Å²) in [6.45, 7) is 6.17. The van der Waals surface area contributed by atoms with Gasteiger partial charge in [0.15, 0.2) is 16.6 Å². The summed E-state index contributed by atoms with van der Waals surface area (Å²) in [7, 11) is 0. The monoisotopic (exact) mass is 360 g/mol. The molecule has 0 atom stereocenters. The number of hydrogen-bond donors (Lipinski definition) is 1. The van der Waals surface area contributed by atoms with E-state index in [0.29, 0.717) is 29.4 Å². The Morgan fingerprint density at radius 1 is 1.36 bits per heavy atom. The zero-order valence-corrected chi connectivity index (χ0v) is 14.4. The third kappa shape index (κ3) is 3.20. The van der Waals surface area contributed by atoms with Gasteiger partial charge in [-0.3, -0.25) is 19.8 Å². The first-order valence-corrected chi connectivity index (χ1v) is 8.02. The van der Waals surface area contributed by atoms with Crippen LogP contribution in [-0.4, -0.2) is 41.8 Å². The fraction of sp³-hybridized carbons (Fsp3) is 0.235. The molecule has 2 aliphatic rings. The summed E-state index contributed by atoms with van der Waals surface area (Å²) in [6, 6.07) is 3.35. The summed E-state index contributed by atoms with van der Waals surface area (Å²) in [6.07, 6.45) is 2.99. The van der Waals surface area contributed by atoms with Gasteiger partial charge in [0.1, 0.15) is 11.3 Å². The van der Waals surface area contributed by atoms with Crippen molar-refractivity contribution in [3.63, 3.8) is 0 Å². The number of fused-ring (bicyclic) bond motifs is 1. The molecular formula is C17H16N2O5S. The predicted molar refractivity (Wildman–Crippen MR) is 94.4 cm³/mol. The van der Waals surface area contributed by atoms with Crippen LogP contribution in [0.25, 0.3) is 6.08 Å². The molecule has 0 unspecified atom stereocenters. The molecule has 0 aliphatic carbocycles. The number of thiocarbonyl (C=S) groups is 1. The Morgan fingerprint density at radius 2 is 2.08 bits per heavy atom. The highest BCUT2D eigenvalue weighted by atomic mass is 32.1. The summed E-state index contributed by atoms with van der Waals surface area (Å²) < 4.78 is 16.3. The van der Waals surface area contributed by atoms with Gasteiger partial charge in [-0.2, -0.15) is 0 Å². The van der Waals surface area contributed by atoms with Crippen LogP contribution < -0.4 is 19.5 Å². The highest BCUT2D eigenvalue weighted by Gasteiger charge is 2.33. The van der Waals surface area contributed by atoms with E-state index in [4.69, 9.17) is 26.4 Å². The van der Waals surface area contributed by atoms with Gasteiger partial charge in [0, 0.05) is 18.2 Å². The zero-order valence-electron chi connectivity index (χ0n) is 13.5. The maximum Gasteiger partial charge on any atom is 0.265 e. The number of amides is 2. The van der Waals surface area contributed by atoms with Gasteiger partial charge in [-0.25, -0.2) is 0 Å². The molecule has 0 radical (unpaired) electrons. The maximum absolute atomic E-state index is 12.6. The first-order chi connectivity index (χ1) is 12.0. The minimum Gasteiger partial charge on any atom is -0.493 e. The number of benzene rings is 1. The molecule has 2 aliphatic heterocycles. The predicted octanol–water partition coefficient (Wildman–Crippen LogP) is 1.63. The number of rotatable bonds is 5. The van der Waals surface area contributed by atoms with Crippen molar-refractivity contribution in [1.82, 2.24) is 10.2 Å². The molecule has 1 aromatic carbocycles. The van der Waals surface area contributed by atoms with Crippen molar-refractivity contribution >= 4 is 35.2 Å². The highest BCUT2D eigenvalue weighted by Crippen LogP contribution is 2.39. The van der Waals surface area contributed by atoms with Gasteiger partial charge < -0.3 is 14.2 Å². The Bertz CT molecular complexity index is 802. The maximum atomic E-state index is 12.6. The van der Waals surface area contributed by atoms with Crippen molar-refractivity contribution in [1.29, 1.82) is 0 Å². The van der Waals surface area contributed by atoms with Gasteiger partial charge in [-0.1, -0.05) is 6.08 Å². The Morgan fingerprint density at radius 3 is 2.76 bits per heavy atom. The molecule has 1 N–H and O–H groups in total. The Kier molecular flexibility index (Phi) is 4.71. The fourth-order valence-electron chi connectivity index (χ4n) is 2.48. The molecule has 0 bridgehead atoms. The average Bonchev–Trinajstić information content (AvgIpc) is 3.02. The third-order valence-electron chi connectivity index (χ3n) is 3.60. The molecule has 8 heteroatoms. The fourth-order valence-corrected chi connectivity index (χ4v) is 2.73. The van der Waals surface area contributed by atoms with Crippen LogP contribution in [0.3, 0.4) is 0 Å². The highest BCUT2D eigenvalue weighted by molar-refractivity contribution is 7.80. The second-order valence-electron chi connectivity index (χ2n) is 5.20. The number of hydrogen-bond acceptors (Lipinski definition) is 6. The lowest BCUT2D eigenvalue weighted by molar-refractivity contribution is -0.128. The lowest BCUT2D eigenvalue weighted by Gasteiger charge is -2.27. The van der Waals surface area contributed by atoms with E-state index in [2.05, 4.69) is 11.9 Å². The van der Waals surface area contributed by atoms with Gasteiger partial charge in [-0.15, -0.1) is 6.58 Å². The third-order valence-corrected chi connectivity index (χ3v) is 3.92. The summed E-state index contributed by atoms with van der Waals surface area (Å²) in [5.41, 5.74) is 0.492. The van der Waals surface area contributed by atoms with E-state index in [1.54, 1.807) is 12.1 Å². The van der Waals surface area contributed by atoms with Crippen LogP contribution in [0, 0.1) is 0 Å². The van der Waals surface area contributed by atoms with Crippen LogP contribution in [0.2, 0.25) is 0 Å². The van der Waals surface area contributed by atoms with E-state index in [0.717, 1.165) is 0 Å². The normalized spacial score (nSPS) is 17.7. The summed E-state index contributed by atoms with van der Waals surface area (Å²) in [5, 5.41) is 2.56. The quantitative estimate of drug-likeness (QED) is 0.372. The molecule has 0 saturated carbocycles. The van der Waals surface area contributed by atoms with E-state index in [-0.39, 0.29) is 24.0 Å². The topological polar surface area (TPSA) is 77.1 Å². The molecule has 2 amide bonds. The SMILES string of the molecule is C=CCN1C(=O)/C(=C/c2cc3c(cc2OCC)OCO3)C(=O)NC1=S. The molecule has 130 valence electrons. The van der Waals surface area contributed by atoms with Gasteiger partial charge >= 0.3 is 0 Å². The smallest absolute Gasteiger partial charge is 0.265 e. The molecule has 7 nitrogen and oxygen atoms in total. The van der Waals surface area contributed by atoms with Crippen LogP contribution >= 0.6 is 12.2 Å². The van der Waals surface area contributed by atoms with Crippen LogP contribution in [0.4, 0.5) is 0 Å². The Labute approximate surface area is 149 Å². The molecule has 0 aromatic heterocycles. The molecule has 1 saturated heterocycles. The molecule has 3 rings (SSSR count). The van der Waals surface area contributed by atoms with Crippen molar-refractivity contribution in [3.05, 3.63) is 35.9 Å². The molecule has 25 heavy (non-hydrogen) atoms. The van der Waals surface area contributed by atoms with Crippen molar-refractivity contribution in [2.75, 3.05) is 19.9 Å². The van der Waals surface area contributed by atoms with Crippen molar-refractivity contribution in [2.24, 2.45) is 0 Å². The van der Waals surface area contributed by atoms with Crippen molar-refractivity contribution in [3.8, 4) is 17.2 Å². The van der Waals surface area contributed by atoms with Crippen LogP contribution in [-0.2, 0) is 9.59 Å². The molecule has 1 fully saturated rings. The number of carbonyl (C=O) groups is 2. The van der Waals surface area contributed by atoms with Gasteiger partial charge in [-0.05, 0) is 31.3 Å². The number of carbonyl (C=O) groups excluding carboxylic acids is 2. The van der Waals surface area contributed by atoms with E-state index in [9.17, 15) is 9.59 Å². The first kappa shape index (κ1) is 17.0. The second kappa shape index (κ2) is 6.94. The average molecular weight is 360 g/mol. The number of nitrogens with zero attached hydrogens (tertiary/aromatic N) is 1. The summed E-state index contributed by atoms with van der Waals surface area (Å²) in [4.78, 5) is 26.1.